The molecule has 0 aliphatic carbocycles. The molecule has 3 aromatic rings. The number of carboxylic acid groups (broad SMARTS) is 1. The van der Waals surface area contributed by atoms with Crippen LogP contribution in [0.15, 0.2) is 60.7 Å². The third kappa shape index (κ3) is 2.76. The highest BCUT2D eigenvalue weighted by molar-refractivity contribution is 6.31. The topological polar surface area (TPSA) is 46.5 Å². The highest BCUT2D eigenvalue weighted by Crippen LogP contribution is 2.49. The van der Waals surface area contributed by atoms with Crippen LogP contribution >= 0.6 is 23.2 Å². The summed E-state index contributed by atoms with van der Waals surface area (Å²) in [6.45, 7) is 0. The van der Waals surface area contributed by atoms with E-state index in [0.717, 1.165) is 11.1 Å². The number of carboxylic acids is 1. The average Bonchev–Trinajstić information content (AvgIpc) is 2.60. The predicted molar refractivity (Wildman–Crippen MR) is 97.3 cm³/mol. The molecule has 1 N–H and O–H groups in total. The Bertz CT molecular complexity index is 946. The number of aromatic carboxylic acids is 1. The second kappa shape index (κ2) is 6.10. The lowest BCUT2D eigenvalue weighted by Gasteiger charge is -2.29. The summed E-state index contributed by atoms with van der Waals surface area (Å²) in [6.07, 6.45) is 0. The SMILES string of the molecule is O=C(O)c1ccccc1C1c2cc(Cl)ccc2Oc2ccc(Cl)cc21. The lowest BCUT2D eigenvalue weighted by molar-refractivity contribution is 0.0695. The number of halogens is 2. The fourth-order valence-electron chi connectivity index (χ4n) is 3.24. The van der Waals surface area contributed by atoms with Crippen molar-refractivity contribution in [2.75, 3.05) is 0 Å². The maximum absolute atomic E-state index is 11.7. The summed E-state index contributed by atoms with van der Waals surface area (Å²) in [6, 6.07) is 17.7. The van der Waals surface area contributed by atoms with Gasteiger partial charge in [-0.3, -0.25) is 0 Å². The minimum absolute atomic E-state index is 0.242. The lowest BCUT2D eigenvalue weighted by Crippen LogP contribution is -2.15. The van der Waals surface area contributed by atoms with Crippen LogP contribution in [0.3, 0.4) is 0 Å². The van der Waals surface area contributed by atoms with Crippen LogP contribution in [-0.4, -0.2) is 11.1 Å². The summed E-state index contributed by atoms with van der Waals surface area (Å²) in [7, 11) is 0. The van der Waals surface area contributed by atoms with E-state index < -0.39 is 5.97 Å². The molecule has 3 aromatic carbocycles. The molecular formula is C20H12Cl2O3. The summed E-state index contributed by atoms with van der Waals surface area (Å²) in [5.74, 6) is 0.00604. The van der Waals surface area contributed by atoms with Gasteiger partial charge in [0.2, 0.25) is 0 Å². The Labute approximate surface area is 154 Å². The molecule has 0 aromatic heterocycles. The Morgan fingerprint density at radius 1 is 0.840 bits per heavy atom. The third-order valence-electron chi connectivity index (χ3n) is 4.29. The van der Waals surface area contributed by atoms with Gasteiger partial charge in [-0.05, 0) is 48.0 Å². The highest BCUT2D eigenvalue weighted by atomic mass is 35.5. The first kappa shape index (κ1) is 16.0. The predicted octanol–water partition coefficient (Wildman–Crippen LogP) is 5.98. The molecule has 1 heterocycles. The molecule has 5 heteroatoms. The van der Waals surface area contributed by atoms with Crippen LogP contribution in [0.4, 0.5) is 0 Å². The number of rotatable bonds is 2. The van der Waals surface area contributed by atoms with Gasteiger partial charge in [0.05, 0.1) is 5.56 Å². The smallest absolute Gasteiger partial charge is 0.335 e. The van der Waals surface area contributed by atoms with E-state index in [0.29, 0.717) is 27.1 Å². The molecule has 25 heavy (non-hydrogen) atoms. The number of ether oxygens (including phenoxy) is 1. The minimum atomic E-state index is -0.978. The Hall–Kier alpha value is -2.49. The van der Waals surface area contributed by atoms with E-state index in [9.17, 15) is 9.90 Å². The second-order valence-electron chi connectivity index (χ2n) is 5.79. The van der Waals surface area contributed by atoms with E-state index in [2.05, 4.69) is 0 Å². The number of carbonyl (C=O) groups is 1. The van der Waals surface area contributed by atoms with Crippen LogP contribution in [-0.2, 0) is 0 Å². The van der Waals surface area contributed by atoms with Gasteiger partial charge in [-0.2, -0.15) is 0 Å². The molecule has 4 rings (SSSR count). The first-order valence-electron chi connectivity index (χ1n) is 7.63. The Kier molecular flexibility index (Phi) is 3.91. The van der Waals surface area contributed by atoms with Gasteiger partial charge in [-0.15, -0.1) is 0 Å². The molecule has 0 unspecified atom stereocenters. The van der Waals surface area contributed by atoms with Gasteiger partial charge in [-0.1, -0.05) is 41.4 Å². The van der Waals surface area contributed by atoms with E-state index in [1.807, 2.05) is 24.3 Å². The van der Waals surface area contributed by atoms with Crippen molar-refractivity contribution in [3.63, 3.8) is 0 Å². The normalized spacial score (nSPS) is 12.9. The molecule has 0 bridgehead atoms. The summed E-state index contributed by atoms with van der Waals surface area (Å²) in [4.78, 5) is 11.7. The molecule has 0 saturated heterocycles. The van der Waals surface area contributed by atoms with Crippen LogP contribution in [0.5, 0.6) is 11.5 Å². The number of fused-ring (bicyclic) bond motifs is 2. The largest absolute Gasteiger partial charge is 0.478 e. The standard InChI is InChI=1S/C20H12Cl2O3/c21-11-5-7-17-15(9-11)19(13-3-1-2-4-14(13)20(23)24)16-10-12(22)6-8-18(16)25-17/h1-10,19H,(H,23,24). The second-order valence-corrected chi connectivity index (χ2v) is 6.66. The van der Waals surface area contributed by atoms with Gasteiger partial charge in [0.25, 0.3) is 0 Å². The number of hydrogen-bond donors (Lipinski definition) is 1. The molecule has 1 aliphatic heterocycles. The Morgan fingerprint density at radius 3 is 1.96 bits per heavy atom. The van der Waals surface area contributed by atoms with Crippen molar-refractivity contribution in [1.29, 1.82) is 0 Å². The summed E-state index contributed by atoms with van der Waals surface area (Å²) < 4.78 is 5.97. The van der Waals surface area contributed by atoms with Crippen molar-refractivity contribution in [2.45, 2.75) is 5.92 Å². The fourth-order valence-corrected chi connectivity index (χ4v) is 3.60. The van der Waals surface area contributed by atoms with Crippen LogP contribution < -0.4 is 4.74 Å². The van der Waals surface area contributed by atoms with E-state index in [1.54, 1.807) is 36.4 Å². The van der Waals surface area contributed by atoms with E-state index >= 15 is 0 Å². The summed E-state index contributed by atoms with van der Waals surface area (Å²) in [5, 5.41) is 10.7. The van der Waals surface area contributed by atoms with Crippen LogP contribution in [0.2, 0.25) is 10.0 Å². The zero-order valence-corrected chi connectivity index (χ0v) is 14.4. The molecule has 1 aliphatic rings. The van der Waals surface area contributed by atoms with Crippen molar-refractivity contribution < 1.29 is 14.6 Å². The number of benzene rings is 3. The van der Waals surface area contributed by atoms with Crippen LogP contribution in [0.1, 0.15) is 33.0 Å². The molecule has 124 valence electrons. The first-order chi connectivity index (χ1) is 12.0. The van der Waals surface area contributed by atoms with E-state index in [1.165, 1.54) is 0 Å². The van der Waals surface area contributed by atoms with Gasteiger partial charge in [0, 0.05) is 27.1 Å². The van der Waals surface area contributed by atoms with Gasteiger partial charge in [0.15, 0.2) is 0 Å². The summed E-state index contributed by atoms with van der Waals surface area (Å²) in [5.41, 5.74) is 2.54. The number of hydrogen-bond acceptors (Lipinski definition) is 2. The quantitative estimate of drug-likeness (QED) is 0.472. The minimum Gasteiger partial charge on any atom is -0.478 e. The van der Waals surface area contributed by atoms with Gasteiger partial charge in [0.1, 0.15) is 11.5 Å². The highest BCUT2D eigenvalue weighted by Gasteiger charge is 2.31. The van der Waals surface area contributed by atoms with Gasteiger partial charge < -0.3 is 9.84 Å². The molecule has 0 radical (unpaired) electrons. The van der Waals surface area contributed by atoms with Crippen molar-refractivity contribution in [2.24, 2.45) is 0 Å². The zero-order chi connectivity index (χ0) is 17.6. The maximum Gasteiger partial charge on any atom is 0.335 e. The Morgan fingerprint density at radius 2 is 1.40 bits per heavy atom. The van der Waals surface area contributed by atoms with E-state index in [4.69, 9.17) is 27.9 Å². The third-order valence-corrected chi connectivity index (χ3v) is 4.76. The molecule has 0 fully saturated rings. The molecule has 0 saturated carbocycles. The molecule has 3 nitrogen and oxygen atoms in total. The van der Waals surface area contributed by atoms with E-state index in [-0.39, 0.29) is 11.5 Å². The first-order valence-corrected chi connectivity index (χ1v) is 8.39. The van der Waals surface area contributed by atoms with Crippen molar-refractivity contribution >= 4 is 29.2 Å². The van der Waals surface area contributed by atoms with Gasteiger partial charge >= 0.3 is 5.97 Å². The molecule has 0 atom stereocenters. The fraction of sp³-hybridized carbons (Fsp3) is 0.0500. The van der Waals surface area contributed by atoms with Crippen LogP contribution in [0.25, 0.3) is 0 Å². The van der Waals surface area contributed by atoms with Crippen LogP contribution in [0, 0.1) is 0 Å². The average molecular weight is 371 g/mol. The molecule has 0 spiro atoms. The Balaban J connectivity index is 2.03. The van der Waals surface area contributed by atoms with Crippen molar-refractivity contribution in [3.8, 4) is 11.5 Å². The van der Waals surface area contributed by atoms with Crippen molar-refractivity contribution in [3.05, 3.63) is 93.0 Å². The zero-order valence-electron chi connectivity index (χ0n) is 12.9. The molecule has 0 amide bonds. The van der Waals surface area contributed by atoms with Crippen molar-refractivity contribution in [1.82, 2.24) is 0 Å². The lowest BCUT2D eigenvalue weighted by atomic mass is 9.80. The van der Waals surface area contributed by atoms with Gasteiger partial charge in [-0.25, -0.2) is 4.79 Å². The maximum atomic E-state index is 11.7. The monoisotopic (exact) mass is 370 g/mol. The molecular weight excluding hydrogens is 359 g/mol. The summed E-state index contributed by atoms with van der Waals surface area (Å²) >= 11 is 12.4.